The Bertz CT molecular complexity index is 440. The third-order valence-electron chi connectivity index (χ3n) is 1.86. The molecular weight excluding hydrogens is 191 g/mol. The molecule has 2 rings (SSSR count). The molecule has 2 aromatic rings. The van der Waals surface area contributed by atoms with Crippen LogP contribution in [0.25, 0.3) is 10.9 Å². The second-order valence-electron chi connectivity index (χ2n) is 2.72. The van der Waals surface area contributed by atoms with Gasteiger partial charge in [0.05, 0.1) is 5.52 Å². The van der Waals surface area contributed by atoms with Crippen LogP contribution in [0.5, 0.6) is 5.75 Å². The fraction of sp³-hybridized carbons (Fsp3) is 0. The molecule has 1 N–H and O–H groups in total. The lowest BCUT2D eigenvalue weighted by atomic mass is 9.96. The molecule has 0 aliphatic heterocycles. The van der Waals surface area contributed by atoms with E-state index in [0.717, 1.165) is 6.07 Å². The van der Waals surface area contributed by atoms with Crippen molar-refractivity contribution in [2.75, 3.05) is 0 Å². The topological polar surface area (TPSA) is 25.2 Å². The number of benzene rings is 1. The molecule has 0 saturated heterocycles. The van der Waals surface area contributed by atoms with Gasteiger partial charge in [-0.15, -0.1) is 0 Å². The maximum Gasteiger partial charge on any atom is 0.165 e. The lowest BCUT2D eigenvalue weighted by molar-refractivity contribution is 0.433. The van der Waals surface area contributed by atoms with Crippen molar-refractivity contribution in [2.24, 2.45) is 0 Å². The van der Waals surface area contributed by atoms with Crippen molar-refractivity contribution in [1.82, 2.24) is 4.09 Å². The van der Waals surface area contributed by atoms with Gasteiger partial charge in [0.15, 0.2) is 11.6 Å². The van der Waals surface area contributed by atoms with Crippen molar-refractivity contribution in [3.8, 4) is 5.75 Å². The van der Waals surface area contributed by atoms with E-state index in [4.69, 9.17) is 24.7 Å². The third kappa shape index (κ3) is 1.18. The van der Waals surface area contributed by atoms with Crippen LogP contribution in [0.15, 0.2) is 18.3 Å². The first-order valence-corrected chi connectivity index (χ1v) is 3.88. The van der Waals surface area contributed by atoms with Crippen molar-refractivity contribution in [3.63, 3.8) is 0 Å². The molecule has 1 aromatic carbocycles. The molecule has 0 aliphatic rings. The van der Waals surface area contributed by atoms with Crippen LogP contribution in [0, 0.1) is 5.82 Å². The summed E-state index contributed by atoms with van der Waals surface area (Å²) in [6.07, 6.45) is 1.45. The van der Waals surface area contributed by atoms with E-state index < -0.39 is 11.6 Å². The second kappa shape index (κ2) is 2.67. The number of phenols is 1. The number of aromatic nitrogens is 1. The summed E-state index contributed by atoms with van der Waals surface area (Å²) >= 11 is 5.71. The summed E-state index contributed by atoms with van der Waals surface area (Å²) < 4.78 is 14.1. The average molecular weight is 195 g/mol. The molecule has 64 valence electrons. The van der Waals surface area contributed by atoms with Crippen LogP contribution >= 0.6 is 11.8 Å². The molecule has 13 heavy (non-hydrogen) atoms. The van der Waals surface area contributed by atoms with Crippen molar-refractivity contribution < 1.29 is 9.50 Å². The van der Waals surface area contributed by atoms with Crippen LogP contribution in [0.4, 0.5) is 4.39 Å². The second-order valence-corrected chi connectivity index (χ2v) is 3.08. The number of aromatic hydroxyl groups is 1. The van der Waals surface area contributed by atoms with Gasteiger partial charge in [-0.05, 0) is 11.5 Å². The molecule has 1 heterocycles. The molecule has 0 unspecified atom stereocenters. The summed E-state index contributed by atoms with van der Waals surface area (Å²) in [7, 11) is 5.54. The fourth-order valence-corrected chi connectivity index (χ4v) is 1.46. The molecule has 2 radical (unpaired) electrons. The van der Waals surface area contributed by atoms with Crippen LogP contribution in [0.3, 0.4) is 0 Å². The van der Waals surface area contributed by atoms with Gasteiger partial charge in [0.2, 0.25) is 0 Å². The fourth-order valence-electron chi connectivity index (χ4n) is 1.22. The van der Waals surface area contributed by atoms with Crippen LogP contribution < -0.4 is 5.46 Å². The first-order chi connectivity index (χ1) is 6.09. The first kappa shape index (κ1) is 8.44. The van der Waals surface area contributed by atoms with E-state index in [-0.39, 0.29) is 0 Å². The zero-order valence-corrected chi connectivity index (χ0v) is 7.22. The molecule has 0 bridgehead atoms. The minimum atomic E-state index is -0.706. The van der Waals surface area contributed by atoms with Crippen LogP contribution in [0.1, 0.15) is 0 Å². The van der Waals surface area contributed by atoms with Gasteiger partial charge in [-0.25, -0.2) is 4.39 Å². The number of hydrogen-bond acceptors (Lipinski definition) is 1. The number of nitrogens with zero attached hydrogens (tertiary/aromatic N) is 1. The lowest BCUT2D eigenvalue weighted by Crippen LogP contribution is -1.97. The number of hydrogen-bond donors (Lipinski definition) is 1. The number of phenolic OH excluding ortho intramolecular Hbond substituents is 1. The summed E-state index contributed by atoms with van der Waals surface area (Å²) in [5, 5.41) is 9.55. The van der Waals surface area contributed by atoms with E-state index >= 15 is 0 Å². The predicted octanol–water partition coefficient (Wildman–Crippen LogP) is 1.28. The Labute approximate surface area is 80.1 Å². The molecule has 0 spiro atoms. The molecule has 2 nitrogen and oxygen atoms in total. The van der Waals surface area contributed by atoms with Crippen LogP contribution in [-0.2, 0) is 0 Å². The Morgan fingerprint density at radius 2 is 2.15 bits per heavy atom. The van der Waals surface area contributed by atoms with Gasteiger partial charge in [0.1, 0.15) is 7.85 Å². The molecule has 0 atom stereocenters. The monoisotopic (exact) mass is 195 g/mol. The lowest BCUT2D eigenvalue weighted by Gasteiger charge is -1.97. The Morgan fingerprint density at radius 3 is 2.85 bits per heavy atom. The van der Waals surface area contributed by atoms with Gasteiger partial charge in [-0.1, -0.05) is 5.46 Å². The van der Waals surface area contributed by atoms with E-state index in [0.29, 0.717) is 16.4 Å². The van der Waals surface area contributed by atoms with E-state index in [2.05, 4.69) is 0 Å². The summed E-state index contributed by atoms with van der Waals surface area (Å²) in [5.74, 6) is -1.14. The van der Waals surface area contributed by atoms with Crippen molar-refractivity contribution >= 4 is 36.0 Å². The Balaban J connectivity index is 2.91. The van der Waals surface area contributed by atoms with Crippen molar-refractivity contribution in [1.29, 1.82) is 0 Å². The maximum atomic E-state index is 12.9. The minimum absolute atomic E-state index is 0.379. The quantitative estimate of drug-likeness (QED) is 0.630. The smallest absolute Gasteiger partial charge is 0.165 e. The zero-order chi connectivity index (χ0) is 9.59. The molecule has 1 aromatic heterocycles. The molecule has 0 aliphatic carbocycles. The molecule has 0 saturated carbocycles. The largest absolute Gasteiger partial charge is 0.505 e. The highest BCUT2D eigenvalue weighted by Crippen LogP contribution is 2.23. The molecular formula is C8H4BClFNO. The highest BCUT2D eigenvalue weighted by Gasteiger charge is 2.08. The molecule has 0 fully saturated rings. The predicted molar refractivity (Wildman–Crippen MR) is 50.2 cm³/mol. The van der Waals surface area contributed by atoms with E-state index in [1.54, 1.807) is 0 Å². The normalized spacial score (nSPS) is 10.9. The Hall–Kier alpha value is -1.16. The highest BCUT2D eigenvalue weighted by molar-refractivity contribution is 6.40. The third-order valence-corrected chi connectivity index (χ3v) is 2.14. The first-order valence-electron chi connectivity index (χ1n) is 3.55. The van der Waals surface area contributed by atoms with Gasteiger partial charge in [0, 0.05) is 24.0 Å². The number of fused-ring (bicyclic) bond motifs is 1. The maximum absolute atomic E-state index is 12.9. The van der Waals surface area contributed by atoms with E-state index in [9.17, 15) is 4.39 Å². The minimum Gasteiger partial charge on any atom is -0.505 e. The highest BCUT2D eigenvalue weighted by atomic mass is 35.5. The van der Waals surface area contributed by atoms with Crippen LogP contribution in [-0.4, -0.2) is 17.0 Å². The van der Waals surface area contributed by atoms with Crippen molar-refractivity contribution in [3.05, 3.63) is 24.1 Å². The van der Waals surface area contributed by atoms with Gasteiger partial charge in [0.25, 0.3) is 0 Å². The zero-order valence-electron chi connectivity index (χ0n) is 6.46. The van der Waals surface area contributed by atoms with Gasteiger partial charge < -0.3 is 5.11 Å². The summed E-state index contributed by atoms with van der Waals surface area (Å²) in [6, 6.07) is 2.38. The van der Waals surface area contributed by atoms with E-state index in [1.807, 2.05) is 0 Å². The van der Waals surface area contributed by atoms with E-state index in [1.165, 1.54) is 16.3 Å². The number of rotatable bonds is 0. The SMILES string of the molecule is [B]c1cn(Cl)c2cc(O)c(F)cc12. The summed E-state index contributed by atoms with van der Waals surface area (Å²) in [6.45, 7) is 0. The average Bonchev–Trinajstić information content (AvgIpc) is 2.31. The standard InChI is InChI=1S/C8H4BClFNO/c9-5-3-12(10)7-2-8(13)6(11)1-4(5)7/h1-3,13H. The van der Waals surface area contributed by atoms with Gasteiger partial charge >= 0.3 is 0 Å². The van der Waals surface area contributed by atoms with Gasteiger partial charge in [-0.3, -0.25) is 4.09 Å². The Morgan fingerprint density at radius 1 is 1.46 bits per heavy atom. The molecule has 0 amide bonds. The van der Waals surface area contributed by atoms with Gasteiger partial charge in [-0.2, -0.15) is 0 Å². The van der Waals surface area contributed by atoms with Crippen molar-refractivity contribution in [2.45, 2.75) is 0 Å². The summed E-state index contributed by atoms with van der Waals surface area (Å²) in [5.41, 5.74) is 0.863. The van der Waals surface area contributed by atoms with Crippen LogP contribution in [0.2, 0.25) is 0 Å². The molecule has 5 heteroatoms. The summed E-state index contributed by atoms with van der Waals surface area (Å²) in [4.78, 5) is 0. The number of halogens is 2. The Kier molecular flexibility index (Phi) is 1.73.